The number of benzene rings is 1. The first-order valence-electron chi connectivity index (χ1n) is 5.51. The van der Waals surface area contributed by atoms with E-state index in [0.29, 0.717) is 11.5 Å². The first-order valence-corrected chi connectivity index (χ1v) is 6.30. The van der Waals surface area contributed by atoms with Gasteiger partial charge in [0.05, 0.1) is 19.0 Å². The van der Waals surface area contributed by atoms with Crippen LogP contribution in [0.1, 0.15) is 0 Å². The van der Waals surface area contributed by atoms with Gasteiger partial charge in [-0.05, 0) is 36.4 Å². The van der Waals surface area contributed by atoms with E-state index in [2.05, 4.69) is 36.3 Å². The maximum atomic E-state index is 11.0. The van der Waals surface area contributed by atoms with Crippen LogP contribution in [0, 0.1) is 0 Å². The van der Waals surface area contributed by atoms with Crippen molar-refractivity contribution in [3.63, 3.8) is 0 Å². The molecular weight excluding hydrogens is 310 g/mol. The number of carbonyl (C=O) groups is 1. The summed E-state index contributed by atoms with van der Waals surface area (Å²) in [7, 11) is 1.31. The Balaban J connectivity index is 2.02. The van der Waals surface area contributed by atoms with E-state index in [1.165, 1.54) is 7.11 Å². The summed E-state index contributed by atoms with van der Waals surface area (Å²) >= 11 is 3.37. The number of aromatic nitrogens is 1. The standard InChI is InChI=1S/C13H12BrN3O2/c1-19-13(18)17-11-6-7-12(15-8-11)16-10-4-2-9(14)3-5-10/h2-8H,1H3,(H,15,16)(H,17,18). The van der Waals surface area contributed by atoms with E-state index >= 15 is 0 Å². The zero-order valence-corrected chi connectivity index (χ0v) is 11.8. The first-order chi connectivity index (χ1) is 9.17. The lowest BCUT2D eigenvalue weighted by Crippen LogP contribution is -2.11. The molecule has 1 aromatic carbocycles. The largest absolute Gasteiger partial charge is 0.453 e. The van der Waals surface area contributed by atoms with Crippen molar-refractivity contribution in [3.05, 3.63) is 47.1 Å². The van der Waals surface area contributed by atoms with Gasteiger partial charge in [0.2, 0.25) is 0 Å². The maximum Gasteiger partial charge on any atom is 0.411 e. The number of ether oxygens (including phenoxy) is 1. The number of halogens is 1. The van der Waals surface area contributed by atoms with Crippen LogP contribution in [0.15, 0.2) is 47.1 Å². The first kappa shape index (κ1) is 13.4. The summed E-state index contributed by atoms with van der Waals surface area (Å²) in [4.78, 5) is 15.2. The molecule has 0 saturated carbocycles. The quantitative estimate of drug-likeness (QED) is 0.903. The van der Waals surface area contributed by atoms with Crippen LogP contribution in [0.2, 0.25) is 0 Å². The van der Waals surface area contributed by atoms with E-state index in [4.69, 9.17) is 0 Å². The van der Waals surface area contributed by atoms with E-state index in [-0.39, 0.29) is 0 Å². The van der Waals surface area contributed by atoms with Crippen LogP contribution >= 0.6 is 15.9 Å². The lowest BCUT2D eigenvalue weighted by Gasteiger charge is -2.07. The van der Waals surface area contributed by atoms with E-state index in [1.807, 2.05) is 24.3 Å². The molecule has 0 unspecified atom stereocenters. The molecule has 5 nitrogen and oxygen atoms in total. The number of hydrogen-bond donors (Lipinski definition) is 2. The molecule has 1 heterocycles. The highest BCUT2D eigenvalue weighted by atomic mass is 79.9. The molecule has 0 aliphatic rings. The van der Waals surface area contributed by atoms with Gasteiger partial charge in [0, 0.05) is 10.2 Å². The zero-order chi connectivity index (χ0) is 13.7. The van der Waals surface area contributed by atoms with Crippen LogP contribution in [-0.4, -0.2) is 18.2 Å². The van der Waals surface area contributed by atoms with Gasteiger partial charge in [0.1, 0.15) is 5.82 Å². The monoisotopic (exact) mass is 321 g/mol. The van der Waals surface area contributed by atoms with Crippen molar-refractivity contribution in [3.8, 4) is 0 Å². The fourth-order valence-electron chi connectivity index (χ4n) is 1.39. The minimum Gasteiger partial charge on any atom is -0.453 e. The summed E-state index contributed by atoms with van der Waals surface area (Å²) in [5, 5.41) is 5.68. The van der Waals surface area contributed by atoms with Crippen molar-refractivity contribution in [1.82, 2.24) is 4.98 Å². The van der Waals surface area contributed by atoms with Crippen LogP contribution in [0.3, 0.4) is 0 Å². The molecule has 0 fully saturated rings. The number of nitrogens with zero attached hydrogens (tertiary/aromatic N) is 1. The highest BCUT2D eigenvalue weighted by Gasteiger charge is 2.01. The average molecular weight is 322 g/mol. The third-order valence-corrected chi connectivity index (χ3v) is 2.84. The Morgan fingerprint density at radius 1 is 1.16 bits per heavy atom. The summed E-state index contributed by atoms with van der Waals surface area (Å²) in [5.74, 6) is 0.692. The van der Waals surface area contributed by atoms with Crippen molar-refractivity contribution in [2.45, 2.75) is 0 Å². The van der Waals surface area contributed by atoms with Gasteiger partial charge in [-0.1, -0.05) is 15.9 Å². The second-order valence-corrected chi connectivity index (χ2v) is 4.60. The highest BCUT2D eigenvalue weighted by molar-refractivity contribution is 9.10. The minimum atomic E-state index is -0.518. The number of amides is 1. The number of anilines is 3. The smallest absolute Gasteiger partial charge is 0.411 e. The van der Waals surface area contributed by atoms with Crippen molar-refractivity contribution in [1.29, 1.82) is 0 Å². The topological polar surface area (TPSA) is 63.2 Å². The van der Waals surface area contributed by atoms with E-state index in [1.54, 1.807) is 18.3 Å². The van der Waals surface area contributed by atoms with Gasteiger partial charge in [0.15, 0.2) is 0 Å². The number of methoxy groups -OCH3 is 1. The number of rotatable bonds is 3. The normalized spacial score (nSPS) is 9.79. The molecule has 0 spiro atoms. The van der Waals surface area contributed by atoms with Crippen molar-refractivity contribution in [2.24, 2.45) is 0 Å². The Morgan fingerprint density at radius 3 is 2.42 bits per heavy atom. The maximum absolute atomic E-state index is 11.0. The predicted octanol–water partition coefficient (Wildman–Crippen LogP) is 3.77. The molecule has 2 rings (SSSR count). The van der Waals surface area contributed by atoms with Gasteiger partial charge in [-0.3, -0.25) is 5.32 Å². The molecule has 0 aliphatic carbocycles. The number of carbonyl (C=O) groups excluding carboxylic acids is 1. The van der Waals surface area contributed by atoms with Crippen molar-refractivity contribution in [2.75, 3.05) is 17.7 Å². The molecule has 0 bridgehead atoms. The fraction of sp³-hybridized carbons (Fsp3) is 0.0769. The molecule has 98 valence electrons. The van der Waals surface area contributed by atoms with Crippen molar-refractivity contribution >= 4 is 39.2 Å². The summed E-state index contributed by atoms with van der Waals surface area (Å²) in [6.45, 7) is 0. The lowest BCUT2D eigenvalue weighted by molar-refractivity contribution is 0.187. The third-order valence-electron chi connectivity index (χ3n) is 2.31. The fourth-order valence-corrected chi connectivity index (χ4v) is 1.66. The summed E-state index contributed by atoms with van der Waals surface area (Å²) in [6.07, 6.45) is 1.04. The number of hydrogen-bond acceptors (Lipinski definition) is 4. The molecule has 1 aromatic heterocycles. The molecular formula is C13H12BrN3O2. The average Bonchev–Trinajstić information content (AvgIpc) is 2.43. The molecule has 19 heavy (non-hydrogen) atoms. The van der Waals surface area contributed by atoms with E-state index in [0.717, 1.165) is 10.2 Å². The zero-order valence-electron chi connectivity index (χ0n) is 10.2. The van der Waals surface area contributed by atoms with E-state index in [9.17, 15) is 4.79 Å². The summed E-state index contributed by atoms with van der Waals surface area (Å²) < 4.78 is 5.51. The van der Waals surface area contributed by atoms with Gasteiger partial charge in [-0.15, -0.1) is 0 Å². The van der Waals surface area contributed by atoms with Gasteiger partial charge in [-0.2, -0.15) is 0 Å². The van der Waals surface area contributed by atoms with Crippen LogP contribution in [0.25, 0.3) is 0 Å². The third kappa shape index (κ3) is 3.96. The van der Waals surface area contributed by atoms with Crippen LogP contribution in [-0.2, 0) is 4.74 Å². The van der Waals surface area contributed by atoms with E-state index < -0.39 is 6.09 Å². The molecule has 6 heteroatoms. The highest BCUT2D eigenvalue weighted by Crippen LogP contribution is 2.18. The van der Waals surface area contributed by atoms with Crippen LogP contribution in [0.4, 0.5) is 22.0 Å². The summed E-state index contributed by atoms with van der Waals surface area (Å²) in [5.41, 5.74) is 1.51. The van der Waals surface area contributed by atoms with Crippen LogP contribution in [0.5, 0.6) is 0 Å². The Labute approximate surface area is 119 Å². The van der Waals surface area contributed by atoms with Crippen LogP contribution < -0.4 is 10.6 Å². The predicted molar refractivity (Wildman–Crippen MR) is 77.7 cm³/mol. The Bertz CT molecular complexity index is 555. The molecule has 2 aromatic rings. The SMILES string of the molecule is COC(=O)Nc1ccc(Nc2ccc(Br)cc2)nc1. The molecule has 1 amide bonds. The molecule has 0 saturated heterocycles. The van der Waals surface area contributed by atoms with Gasteiger partial charge in [0.25, 0.3) is 0 Å². The lowest BCUT2D eigenvalue weighted by atomic mass is 10.3. The molecule has 0 radical (unpaired) electrons. The number of pyridine rings is 1. The molecule has 0 aliphatic heterocycles. The number of nitrogens with one attached hydrogen (secondary N) is 2. The minimum absolute atomic E-state index is 0.518. The second-order valence-electron chi connectivity index (χ2n) is 3.68. The Kier molecular flexibility index (Phi) is 4.35. The summed E-state index contributed by atoms with van der Waals surface area (Å²) in [6, 6.07) is 11.3. The second kappa shape index (κ2) is 6.19. The van der Waals surface area contributed by atoms with Gasteiger partial charge >= 0.3 is 6.09 Å². The van der Waals surface area contributed by atoms with Gasteiger partial charge < -0.3 is 10.1 Å². The Morgan fingerprint density at radius 2 is 1.84 bits per heavy atom. The molecule has 0 atom stereocenters. The molecule has 2 N–H and O–H groups in total. The Hall–Kier alpha value is -2.08. The van der Waals surface area contributed by atoms with Gasteiger partial charge in [-0.25, -0.2) is 9.78 Å². The van der Waals surface area contributed by atoms with Crippen molar-refractivity contribution < 1.29 is 9.53 Å².